The highest BCUT2D eigenvalue weighted by Gasteiger charge is 2.32. The Balaban J connectivity index is 1.58. The quantitative estimate of drug-likeness (QED) is 0.823. The number of amides is 1. The zero-order chi connectivity index (χ0) is 17.6. The van der Waals surface area contributed by atoms with Gasteiger partial charge in [0.05, 0.1) is 18.2 Å². The first-order valence-electron chi connectivity index (χ1n) is 9.28. The largest absolute Gasteiger partial charge is 0.490 e. The van der Waals surface area contributed by atoms with Gasteiger partial charge in [-0.1, -0.05) is 19.3 Å². The summed E-state index contributed by atoms with van der Waals surface area (Å²) in [6.07, 6.45) is 6.34. The van der Waals surface area contributed by atoms with E-state index in [1.807, 2.05) is 11.8 Å². The van der Waals surface area contributed by atoms with Crippen molar-refractivity contribution in [3.05, 3.63) is 23.8 Å². The van der Waals surface area contributed by atoms with Crippen molar-refractivity contribution < 1.29 is 14.3 Å². The molecule has 0 spiro atoms. The number of nitrogens with zero attached hydrogens (tertiary/aromatic N) is 2. The number of carbonyl (C=O) groups is 1. The molecule has 1 saturated heterocycles. The Morgan fingerprint density at radius 1 is 1.20 bits per heavy atom. The number of piperidine rings is 1. The normalized spacial score (nSPS) is 22.6. The highest BCUT2D eigenvalue weighted by Crippen LogP contribution is 2.36. The lowest BCUT2D eigenvalue weighted by Gasteiger charge is -2.41. The van der Waals surface area contributed by atoms with Crippen LogP contribution in [-0.2, 0) is 4.79 Å². The summed E-state index contributed by atoms with van der Waals surface area (Å²) in [6, 6.07) is 7.11. The molecule has 3 rings (SSSR count). The number of ether oxygens (including phenoxy) is 2. The predicted octanol–water partition coefficient (Wildman–Crippen LogP) is 3.37. The molecule has 1 aromatic carbocycles. The SMILES string of the molecule is CCOc1cc(C#N)ccc1OCC(=O)N1CC[C@H]2CCCC[C@H]2C1. The topological polar surface area (TPSA) is 62.6 Å². The first-order chi connectivity index (χ1) is 12.2. The molecule has 1 aliphatic heterocycles. The summed E-state index contributed by atoms with van der Waals surface area (Å²) < 4.78 is 11.2. The van der Waals surface area contributed by atoms with E-state index in [4.69, 9.17) is 14.7 Å². The van der Waals surface area contributed by atoms with Gasteiger partial charge in [0.25, 0.3) is 5.91 Å². The van der Waals surface area contributed by atoms with Crippen molar-refractivity contribution in [3.8, 4) is 17.6 Å². The molecule has 0 radical (unpaired) electrons. The number of benzene rings is 1. The van der Waals surface area contributed by atoms with Gasteiger partial charge in [-0.2, -0.15) is 5.26 Å². The van der Waals surface area contributed by atoms with Gasteiger partial charge in [0.1, 0.15) is 0 Å². The van der Waals surface area contributed by atoms with E-state index in [9.17, 15) is 4.79 Å². The number of likely N-dealkylation sites (tertiary alicyclic amines) is 1. The molecule has 2 fully saturated rings. The van der Waals surface area contributed by atoms with Gasteiger partial charge in [-0.25, -0.2) is 0 Å². The molecule has 5 nitrogen and oxygen atoms in total. The lowest BCUT2D eigenvalue weighted by molar-refractivity contribution is -0.136. The molecule has 134 valence electrons. The molecule has 1 aromatic rings. The van der Waals surface area contributed by atoms with Crippen LogP contribution >= 0.6 is 0 Å². The van der Waals surface area contributed by atoms with E-state index in [-0.39, 0.29) is 12.5 Å². The van der Waals surface area contributed by atoms with Gasteiger partial charge in [0.2, 0.25) is 0 Å². The van der Waals surface area contributed by atoms with Gasteiger partial charge >= 0.3 is 0 Å². The molecule has 1 saturated carbocycles. The number of nitriles is 1. The zero-order valence-electron chi connectivity index (χ0n) is 14.9. The van der Waals surface area contributed by atoms with Crippen LogP contribution in [0.3, 0.4) is 0 Å². The Labute approximate surface area is 149 Å². The molecule has 1 aliphatic carbocycles. The third kappa shape index (κ3) is 4.25. The number of carbonyl (C=O) groups excluding carboxylic acids is 1. The van der Waals surface area contributed by atoms with Crippen LogP contribution in [0.15, 0.2) is 18.2 Å². The minimum atomic E-state index is 0.0172. The Kier molecular flexibility index (Phi) is 5.80. The Morgan fingerprint density at radius 2 is 2.00 bits per heavy atom. The monoisotopic (exact) mass is 342 g/mol. The average Bonchev–Trinajstić information content (AvgIpc) is 2.66. The first-order valence-corrected chi connectivity index (χ1v) is 9.28. The van der Waals surface area contributed by atoms with Gasteiger partial charge < -0.3 is 14.4 Å². The maximum absolute atomic E-state index is 12.5. The summed E-state index contributed by atoms with van der Waals surface area (Å²) in [7, 11) is 0. The summed E-state index contributed by atoms with van der Waals surface area (Å²) >= 11 is 0. The van der Waals surface area contributed by atoms with E-state index in [2.05, 4.69) is 6.07 Å². The molecule has 1 heterocycles. The molecule has 2 aliphatic rings. The van der Waals surface area contributed by atoms with E-state index in [0.717, 1.165) is 25.4 Å². The molecular formula is C20H26N2O3. The van der Waals surface area contributed by atoms with Crippen molar-refractivity contribution in [1.29, 1.82) is 5.26 Å². The summed E-state index contributed by atoms with van der Waals surface area (Å²) in [5, 5.41) is 9.00. The summed E-state index contributed by atoms with van der Waals surface area (Å²) in [5.41, 5.74) is 0.515. The summed E-state index contributed by atoms with van der Waals surface area (Å²) in [4.78, 5) is 14.5. The Morgan fingerprint density at radius 3 is 2.76 bits per heavy atom. The van der Waals surface area contributed by atoms with Gasteiger partial charge in [0.15, 0.2) is 18.1 Å². The molecule has 1 amide bonds. The summed E-state index contributed by atoms with van der Waals surface area (Å²) in [6.45, 7) is 4.09. The second-order valence-corrected chi connectivity index (χ2v) is 6.93. The maximum Gasteiger partial charge on any atom is 0.260 e. The van der Waals surface area contributed by atoms with Crippen LogP contribution in [0.5, 0.6) is 11.5 Å². The molecule has 0 N–H and O–H groups in total. The van der Waals surface area contributed by atoms with Crippen molar-refractivity contribution in [1.82, 2.24) is 4.90 Å². The van der Waals surface area contributed by atoms with Crippen LogP contribution in [0.1, 0.15) is 44.6 Å². The average molecular weight is 342 g/mol. The van der Waals surface area contributed by atoms with Crippen LogP contribution in [0.2, 0.25) is 0 Å². The van der Waals surface area contributed by atoms with Crippen molar-refractivity contribution in [2.75, 3.05) is 26.3 Å². The second-order valence-electron chi connectivity index (χ2n) is 6.93. The van der Waals surface area contributed by atoms with E-state index in [1.165, 1.54) is 25.7 Å². The number of hydrogen-bond acceptors (Lipinski definition) is 4. The second kappa shape index (κ2) is 8.24. The lowest BCUT2D eigenvalue weighted by atomic mass is 9.75. The van der Waals surface area contributed by atoms with Gasteiger partial charge in [0, 0.05) is 19.2 Å². The van der Waals surface area contributed by atoms with Crippen molar-refractivity contribution in [3.63, 3.8) is 0 Å². The first kappa shape index (κ1) is 17.6. The minimum Gasteiger partial charge on any atom is -0.490 e. The van der Waals surface area contributed by atoms with E-state index in [0.29, 0.717) is 29.6 Å². The molecule has 0 aromatic heterocycles. The molecule has 2 atom stereocenters. The van der Waals surface area contributed by atoms with Crippen LogP contribution in [0.4, 0.5) is 0 Å². The third-order valence-corrected chi connectivity index (χ3v) is 5.37. The molecule has 5 heteroatoms. The zero-order valence-corrected chi connectivity index (χ0v) is 14.9. The number of hydrogen-bond donors (Lipinski definition) is 0. The van der Waals surface area contributed by atoms with Crippen molar-refractivity contribution in [2.45, 2.75) is 39.0 Å². The van der Waals surface area contributed by atoms with Crippen LogP contribution in [0.25, 0.3) is 0 Å². The van der Waals surface area contributed by atoms with Gasteiger partial charge in [-0.15, -0.1) is 0 Å². The van der Waals surface area contributed by atoms with Crippen LogP contribution in [0, 0.1) is 23.2 Å². The summed E-state index contributed by atoms with van der Waals surface area (Å²) in [5.74, 6) is 2.54. The van der Waals surface area contributed by atoms with E-state index < -0.39 is 0 Å². The molecule has 0 bridgehead atoms. The standard InChI is InChI=1S/C20H26N2O3/c1-2-24-19-11-15(12-21)7-8-18(19)25-14-20(23)22-10-9-16-5-3-4-6-17(16)13-22/h7-8,11,16-17H,2-6,9-10,13-14H2,1H3/t16-,17+/m1/s1. The van der Waals surface area contributed by atoms with Gasteiger partial charge in [-0.3, -0.25) is 4.79 Å². The fourth-order valence-electron chi connectivity index (χ4n) is 4.02. The number of rotatable bonds is 5. The van der Waals surface area contributed by atoms with E-state index >= 15 is 0 Å². The number of fused-ring (bicyclic) bond motifs is 1. The van der Waals surface area contributed by atoms with Crippen LogP contribution < -0.4 is 9.47 Å². The van der Waals surface area contributed by atoms with Crippen LogP contribution in [-0.4, -0.2) is 37.1 Å². The van der Waals surface area contributed by atoms with Crippen molar-refractivity contribution >= 4 is 5.91 Å². The lowest BCUT2D eigenvalue weighted by Crippen LogP contribution is -2.46. The minimum absolute atomic E-state index is 0.0172. The van der Waals surface area contributed by atoms with Gasteiger partial charge in [-0.05, 0) is 43.7 Å². The fourth-order valence-corrected chi connectivity index (χ4v) is 4.02. The maximum atomic E-state index is 12.5. The Bertz CT molecular complexity index is 653. The predicted molar refractivity (Wildman–Crippen MR) is 94.5 cm³/mol. The third-order valence-electron chi connectivity index (χ3n) is 5.37. The van der Waals surface area contributed by atoms with Crippen molar-refractivity contribution in [2.24, 2.45) is 11.8 Å². The molecule has 0 unspecified atom stereocenters. The smallest absolute Gasteiger partial charge is 0.260 e. The highest BCUT2D eigenvalue weighted by molar-refractivity contribution is 5.78. The molecule has 25 heavy (non-hydrogen) atoms. The molecular weight excluding hydrogens is 316 g/mol. The fraction of sp³-hybridized carbons (Fsp3) is 0.600. The van der Waals surface area contributed by atoms with E-state index in [1.54, 1.807) is 18.2 Å². The highest BCUT2D eigenvalue weighted by atomic mass is 16.5. The Hall–Kier alpha value is -2.22.